The third kappa shape index (κ3) is 4.18. The molecule has 0 atom stereocenters. The molecule has 59 heavy (non-hydrogen) atoms. The fourth-order valence-corrected chi connectivity index (χ4v) is 9.95. The number of furan rings is 3. The van der Waals surface area contributed by atoms with E-state index in [9.17, 15) is 0 Å². The van der Waals surface area contributed by atoms with Gasteiger partial charge in [-0.1, -0.05) is 97.1 Å². The van der Waals surface area contributed by atoms with Crippen molar-refractivity contribution < 1.29 is 13.3 Å². The van der Waals surface area contributed by atoms with E-state index >= 15 is 0 Å². The Balaban J connectivity index is 1.08. The molecule has 14 aromatic rings. The highest BCUT2D eigenvalue weighted by atomic mass is 16.4. The van der Waals surface area contributed by atoms with E-state index in [-0.39, 0.29) is 0 Å². The van der Waals surface area contributed by atoms with Crippen molar-refractivity contribution in [2.24, 2.45) is 0 Å². The Kier molecular flexibility index (Phi) is 5.96. The summed E-state index contributed by atoms with van der Waals surface area (Å²) < 4.78 is 24.8. The van der Waals surface area contributed by atoms with Crippen LogP contribution in [0.2, 0.25) is 0 Å². The molecule has 0 fully saturated rings. The summed E-state index contributed by atoms with van der Waals surface area (Å²) in [5.74, 6) is 0. The molecule has 0 bridgehead atoms. The number of rotatable bonds is 3. The zero-order chi connectivity index (χ0) is 38.3. The van der Waals surface area contributed by atoms with Crippen molar-refractivity contribution in [3.05, 3.63) is 182 Å². The normalized spacial score (nSPS) is 12.4. The lowest BCUT2D eigenvalue weighted by atomic mass is 9.95. The van der Waals surface area contributed by atoms with Gasteiger partial charge in [-0.25, -0.2) is 0 Å². The molecule has 14 rings (SSSR count). The van der Waals surface area contributed by atoms with Crippen LogP contribution >= 0.6 is 0 Å². The highest BCUT2D eigenvalue weighted by Gasteiger charge is 2.23. The van der Waals surface area contributed by atoms with Crippen molar-refractivity contribution in [3.8, 4) is 22.5 Å². The summed E-state index contributed by atoms with van der Waals surface area (Å²) in [5, 5.41) is 11.2. The molecular weight excluding hydrogens is 725 g/mol. The first-order valence-electron chi connectivity index (χ1n) is 20.0. The summed E-state index contributed by atoms with van der Waals surface area (Å²) in [4.78, 5) is 0. The van der Waals surface area contributed by atoms with Gasteiger partial charge in [-0.05, 0) is 96.1 Å². The van der Waals surface area contributed by atoms with Gasteiger partial charge in [0.2, 0.25) is 0 Å². The molecule has 0 aliphatic carbocycles. The predicted molar refractivity (Wildman–Crippen MR) is 242 cm³/mol. The molecule has 9 aromatic carbocycles. The quantitative estimate of drug-likeness (QED) is 0.180. The monoisotopic (exact) mass is 754 g/mol. The zero-order valence-electron chi connectivity index (χ0n) is 31.4. The molecule has 0 aliphatic rings. The molecule has 274 valence electrons. The minimum atomic E-state index is 0.735. The average molecular weight is 755 g/mol. The van der Waals surface area contributed by atoms with E-state index in [4.69, 9.17) is 13.3 Å². The van der Waals surface area contributed by atoms with Crippen LogP contribution in [-0.2, 0) is 0 Å². The van der Waals surface area contributed by atoms with Crippen LogP contribution in [0.25, 0.3) is 132 Å². The van der Waals surface area contributed by atoms with E-state index in [0.717, 1.165) is 99.4 Å². The van der Waals surface area contributed by atoms with Crippen molar-refractivity contribution in [1.82, 2.24) is 9.13 Å². The van der Waals surface area contributed by atoms with Gasteiger partial charge in [0.05, 0.1) is 22.1 Å². The number of para-hydroxylation sites is 5. The fraction of sp³-hybridized carbons (Fsp3) is 0. The van der Waals surface area contributed by atoms with Crippen LogP contribution in [0.5, 0.6) is 0 Å². The van der Waals surface area contributed by atoms with E-state index in [1.54, 1.807) is 0 Å². The maximum Gasteiger partial charge on any atom is 0.179 e. The predicted octanol–water partition coefficient (Wildman–Crippen LogP) is 15.2. The van der Waals surface area contributed by atoms with Crippen LogP contribution < -0.4 is 0 Å². The molecule has 0 aliphatic heterocycles. The van der Waals surface area contributed by atoms with E-state index in [1.807, 2.05) is 12.1 Å². The lowest BCUT2D eigenvalue weighted by Crippen LogP contribution is -1.93. The van der Waals surface area contributed by atoms with Crippen molar-refractivity contribution in [2.75, 3.05) is 0 Å². The maximum atomic E-state index is 6.94. The second-order valence-electron chi connectivity index (χ2n) is 15.6. The average Bonchev–Trinajstić information content (AvgIpc) is 4.10. The molecule has 0 unspecified atom stereocenters. The molecule has 0 amide bonds. The SMILES string of the molecule is c1ccc2c(c1)oc1ccc(-c3cc4c5cc(-n6c7ccccc7c7ccccc76)ccc5oc4c4oc5ccc(-n6c7ccccc7c7ccccc76)cc5c34)cc12. The third-order valence-corrected chi connectivity index (χ3v) is 12.5. The second kappa shape index (κ2) is 11.3. The van der Waals surface area contributed by atoms with Gasteiger partial charge >= 0.3 is 0 Å². The molecule has 5 heterocycles. The molecule has 5 aromatic heterocycles. The van der Waals surface area contributed by atoms with Crippen molar-refractivity contribution in [1.29, 1.82) is 0 Å². The number of aromatic nitrogens is 2. The topological polar surface area (TPSA) is 49.3 Å². The first kappa shape index (κ1) is 31.1. The van der Waals surface area contributed by atoms with Crippen LogP contribution in [0.4, 0.5) is 0 Å². The van der Waals surface area contributed by atoms with Crippen molar-refractivity contribution in [3.63, 3.8) is 0 Å². The van der Waals surface area contributed by atoms with E-state index in [2.05, 4.69) is 179 Å². The van der Waals surface area contributed by atoms with Gasteiger partial charge in [-0.2, -0.15) is 0 Å². The van der Waals surface area contributed by atoms with Crippen LogP contribution in [-0.4, -0.2) is 9.13 Å². The zero-order valence-corrected chi connectivity index (χ0v) is 31.4. The Bertz CT molecular complexity index is 3990. The fourth-order valence-electron chi connectivity index (χ4n) is 9.95. The number of nitrogens with zero attached hydrogens (tertiary/aromatic N) is 2. The lowest BCUT2D eigenvalue weighted by Gasteiger charge is -2.09. The standard InChI is InChI=1S/C54H30N2O3/c1-6-16-44-34(11-1)35-12-2-7-17-45(35)55(44)32-22-25-50-41(28-32)42-30-39(31-21-24-49-40(27-31)38-15-5-10-20-48(38)57-49)52-43-29-33(23-26-51(43)59-54(52)53(42)58-50)56-46-18-8-3-13-36(46)37-14-4-9-19-47(37)56/h1-30H. The Hall–Kier alpha value is -8.02. The minimum Gasteiger partial charge on any atom is -0.456 e. The van der Waals surface area contributed by atoms with E-state index < -0.39 is 0 Å². The first-order chi connectivity index (χ1) is 29.2. The van der Waals surface area contributed by atoms with Gasteiger partial charge in [0.15, 0.2) is 11.2 Å². The second-order valence-corrected chi connectivity index (χ2v) is 15.6. The summed E-state index contributed by atoms with van der Waals surface area (Å²) in [7, 11) is 0. The third-order valence-electron chi connectivity index (χ3n) is 12.5. The molecule has 0 saturated carbocycles. The van der Waals surface area contributed by atoms with E-state index in [0.29, 0.717) is 0 Å². The van der Waals surface area contributed by atoms with Gasteiger partial charge in [0.1, 0.15) is 22.3 Å². The van der Waals surface area contributed by atoms with Crippen LogP contribution in [0, 0.1) is 0 Å². The molecule has 5 heteroatoms. The highest BCUT2D eigenvalue weighted by Crippen LogP contribution is 2.47. The van der Waals surface area contributed by atoms with E-state index in [1.165, 1.54) is 32.6 Å². The lowest BCUT2D eigenvalue weighted by molar-refractivity contribution is 0.633. The molecule has 5 nitrogen and oxygen atoms in total. The van der Waals surface area contributed by atoms with Gasteiger partial charge in [0, 0.05) is 65.2 Å². The Morgan fingerprint density at radius 1 is 0.288 bits per heavy atom. The number of fused-ring (bicyclic) bond motifs is 16. The molecule has 0 saturated heterocycles. The minimum absolute atomic E-state index is 0.735. The largest absolute Gasteiger partial charge is 0.456 e. The first-order valence-corrected chi connectivity index (χ1v) is 20.0. The number of benzene rings is 9. The van der Waals surface area contributed by atoms with Gasteiger partial charge in [-0.15, -0.1) is 0 Å². The van der Waals surface area contributed by atoms with Crippen molar-refractivity contribution in [2.45, 2.75) is 0 Å². The molecule has 0 N–H and O–H groups in total. The molecule has 0 radical (unpaired) electrons. The maximum absolute atomic E-state index is 6.94. The summed E-state index contributed by atoms with van der Waals surface area (Å²) in [6.07, 6.45) is 0. The van der Waals surface area contributed by atoms with Crippen LogP contribution in [0.15, 0.2) is 195 Å². The summed E-state index contributed by atoms with van der Waals surface area (Å²) in [6.45, 7) is 0. The summed E-state index contributed by atoms with van der Waals surface area (Å²) in [5.41, 5.74) is 13.8. The highest BCUT2D eigenvalue weighted by molar-refractivity contribution is 6.25. The number of hydrogen-bond acceptors (Lipinski definition) is 3. The Morgan fingerprint density at radius 2 is 0.729 bits per heavy atom. The molecular formula is C54H30N2O3. The smallest absolute Gasteiger partial charge is 0.179 e. The number of hydrogen-bond donors (Lipinski definition) is 0. The molecule has 0 spiro atoms. The van der Waals surface area contributed by atoms with Crippen LogP contribution in [0.3, 0.4) is 0 Å². The summed E-state index contributed by atoms with van der Waals surface area (Å²) >= 11 is 0. The Labute approximate surface area is 335 Å². The van der Waals surface area contributed by atoms with Crippen LogP contribution in [0.1, 0.15) is 0 Å². The van der Waals surface area contributed by atoms with Gasteiger partial charge < -0.3 is 22.4 Å². The van der Waals surface area contributed by atoms with Crippen molar-refractivity contribution >= 4 is 109 Å². The van der Waals surface area contributed by atoms with Gasteiger partial charge in [-0.3, -0.25) is 0 Å². The van der Waals surface area contributed by atoms with Gasteiger partial charge in [0.25, 0.3) is 0 Å². The Morgan fingerprint density at radius 3 is 1.34 bits per heavy atom. The summed E-state index contributed by atoms with van der Waals surface area (Å²) in [6, 6.07) is 64.7.